The van der Waals surface area contributed by atoms with Gasteiger partial charge in [-0.2, -0.15) is 0 Å². The molecule has 1 unspecified atom stereocenters. The van der Waals surface area contributed by atoms with E-state index in [9.17, 15) is 9.18 Å². The maximum absolute atomic E-state index is 13.6. The van der Waals surface area contributed by atoms with Gasteiger partial charge in [0.05, 0.1) is 12.5 Å². The van der Waals surface area contributed by atoms with E-state index in [0.29, 0.717) is 11.3 Å². The number of benzene rings is 2. The van der Waals surface area contributed by atoms with Gasteiger partial charge < -0.3 is 11.1 Å². The summed E-state index contributed by atoms with van der Waals surface area (Å²) >= 11 is 0. The van der Waals surface area contributed by atoms with Crippen molar-refractivity contribution in [1.29, 1.82) is 0 Å². The number of anilines is 1. The van der Waals surface area contributed by atoms with Crippen molar-refractivity contribution >= 4 is 11.6 Å². The third-order valence-corrected chi connectivity index (χ3v) is 3.09. The number of nitrogens with two attached hydrogens (primary N) is 1. The van der Waals surface area contributed by atoms with Gasteiger partial charge in [-0.25, -0.2) is 4.39 Å². The molecule has 0 saturated carbocycles. The number of hydrogen-bond donors (Lipinski definition) is 2. The quantitative estimate of drug-likeness (QED) is 0.841. The van der Waals surface area contributed by atoms with Crippen LogP contribution in [-0.4, -0.2) is 5.91 Å². The summed E-state index contributed by atoms with van der Waals surface area (Å²) in [6, 6.07) is 13.2. The molecule has 3 nitrogen and oxygen atoms in total. The molecule has 2 aromatic carbocycles. The smallest absolute Gasteiger partial charge is 0.224 e. The minimum atomic E-state index is -0.363. The molecule has 0 aromatic heterocycles. The molecule has 2 aromatic rings. The van der Waals surface area contributed by atoms with Crippen LogP contribution in [0.3, 0.4) is 0 Å². The number of amides is 1. The predicted octanol–water partition coefficient (Wildman–Crippen LogP) is 2.83. The van der Waals surface area contributed by atoms with E-state index in [0.717, 1.165) is 5.56 Å². The molecule has 4 heteroatoms. The number of carbonyl (C=O) groups is 1. The van der Waals surface area contributed by atoms with Crippen molar-refractivity contribution in [3.8, 4) is 0 Å². The molecule has 2 rings (SSSR count). The second-order valence-corrected chi connectivity index (χ2v) is 4.73. The minimum absolute atomic E-state index is 0.148. The van der Waals surface area contributed by atoms with Gasteiger partial charge in [-0.3, -0.25) is 4.79 Å². The van der Waals surface area contributed by atoms with Gasteiger partial charge in [-0.1, -0.05) is 30.3 Å². The van der Waals surface area contributed by atoms with Gasteiger partial charge in [0.25, 0.3) is 0 Å². The molecule has 1 amide bonds. The van der Waals surface area contributed by atoms with Gasteiger partial charge in [0.15, 0.2) is 0 Å². The van der Waals surface area contributed by atoms with Crippen molar-refractivity contribution in [2.45, 2.75) is 19.4 Å². The maximum Gasteiger partial charge on any atom is 0.224 e. The Morgan fingerprint density at radius 2 is 1.85 bits per heavy atom. The summed E-state index contributed by atoms with van der Waals surface area (Å²) in [7, 11) is 0. The van der Waals surface area contributed by atoms with Gasteiger partial charge in [-0.05, 0) is 30.7 Å². The van der Waals surface area contributed by atoms with E-state index in [1.54, 1.807) is 37.3 Å². The molecule has 0 fully saturated rings. The summed E-state index contributed by atoms with van der Waals surface area (Å²) in [5, 5.41) is 2.79. The highest BCUT2D eigenvalue weighted by Crippen LogP contribution is 2.16. The molecular formula is C16H17FN2O. The molecule has 0 aliphatic heterocycles. The Morgan fingerprint density at radius 3 is 2.50 bits per heavy atom. The molecule has 0 heterocycles. The van der Waals surface area contributed by atoms with Crippen LogP contribution in [0.1, 0.15) is 24.1 Å². The second-order valence-electron chi connectivity index (χ2n) is 4.73. The molecule has 3 N–H and O–H groups in total. The van der Waals surface area contributed by atoms with Crippen molar-refractivity contribution in [1.82, 2.24) is 5.32 Å². The summed E-state index contributed by atoms with van der Waals surface area (Å²) < 4.78 is 13.6. The first-order chi connectivity index (χ1) is 9.56. The van der Waals surface area contributed by atoms with Crippen LogP contribution in [0.25, 0.3) is 0 Å². The highest BCUT2D eigenvalue weighted by atomic mass is 19.1. The highest BCUT2D eigenvalue weighted by molar-refractivity contribution is 5.79. The number of carbonyl (C=O) groups excluding carboxylic acids is 1. The van der Waals surface area contributed by atoms with Gasteiger partial charge in [0.1, 0.15) is 5.82 Å². The van der Waals surface area contributed by atoms with Gasteiger partial charge in [-0.15, -0.1) is 0 Å². The van der Waals surface area contributed by atoms with Crippen molar-refractivity contribution in [2.75, 3.05) is 5.73 Å². The summed E-state index contributed by atoms with van der Waals surface area (Å²) in [5.74, 6) is -0.460. The third kappa shape index (κ3) is 3.57. The van der Waals surface area contributed by atoms with Crippen LogP contribution < -0.4 is 11.1 Å². The fraction of sp³-hybridized carbons (Fsp3) is 0.188. The molecule has 0 spiro atoms. The average molecular weight is 272 g/mol. The summed E-state index contributed by atoms with van der Waals surface area (Å²) in [6.45, 7) is 1.76. The van der Waals surface area contributed by atoms with Crippen molar-refractivity contribution in [2.24, 2.45) is 0 Å². The normalized spacial score (nSPS) is 11.9. The van der Waals surface area contributed by atoms with Crippen LogP contribution >= 0.6 is 0 Å². The van der Waals surface area contributed by atoms with Crippen LogP contribution in [-0.2, 0) is 11.2 Å². The first kappa shape index (κ1) is 14.1. The van der Waals surface area contributed by atoms with E-state index in [-0.39, 0.29) is 24.2 Å². The van der Waals surface area contributed by atoms with E-state index >= 15 is 0 Å². The van der Waals surface area contributed by atoms with Crippen LogP contribution in [0.15, 0.2) is 48.5 Å². The van der Waals surface area contributed by atoms with Crippen LogP contribution in [0.2, 0.25) is 0 Å². The van der Waals surface area contributed by atoms with Crippen molar-refractivity contribution in [3.05, 3.63) is 65.5 Å². The summed E-state index contributed by atoms with van der Waals surface area (Å²) in [5.41, 5.74) is 7.61. The van der Waals surface area contributed by atoms with Crippen LogP contribution in [0.4, 0.5) is 10.1 Å². The molecular weight excluding hydrogens is 255 g/mol. The Kier molecular flexibility index (Phi) is 4.35. The average Bonchev–Trinajstić information content (AvgIpc) is 2.41. The van der Waals surface area contributed by atoms with E-state index in [4.69, 9.17) is 5.73 Å². The molecule has 20 heavy (non-hydrogen) atoms. The molecule has 104 valence electrons. The fourth-order valence-electron chi connectivity index (χ4n) is 2.02. The Bertz CT molecular complexity index is 596. The molecule has 0 aliphatic rings. The predicted molar refractivity (Wildman–Crippen MR) is 77.5 cm³/mol. The number of nitrogens with one attached hydrogen (secondary N) is 1. The second kappa shape index (κ2) is 6.19. The lowest BCUT2D eigenvalue weighted by Crippen LogP contribution is -2.28. The number of hydrogen-bond acceptors (Lipinski definition) is 2. The first-order valence-electron chi connectivity index (χ1n) is 6.44. The Balaban J connectivity index is 1.98. The molecule has 0 bridgehead atoms. The standard InChI is InChI=1S/C16H17FN2O/c1-11(14-4-2-3-5-15(14)17)19-16(20)10-12-6-8-13(18)9-7-12/h2-9,11H,10,18H2,1H3,(H,19,20). The highest BCUT2D eigenvalue weighted by Gasteiger charge is 2.13. The zero-order valence-electron chi connectivity index (χ0n) is 11.3. The lowest BCUT2D eigenvalue weighted by molar-refractivity contribution is -0.121. The largest absolute Gasteiger partial charge is 0.399 e. The maximum atomic E-state index is 13.6. The fourth-order valence-corrected chi connectivity index (χ4v) is 2.02. The minimum Gasteiger partial charge on any atom is -0.399 e. The topological polar surface area (TPSA) is 55.1 Å². The van der Waals surface area contributed by atoms with Crippen LogP contribution in [0.5, 0.6) is 0 Å². The van der Waals surface area contributed by atoms with Crippen molar-refractivity contribution < 1.29 is 9.18 Å². The lowest BCUT2D eigenvalue weighted by Gasteiger charge is -2.15. The van der Waals surface area contributed by atoms with E-state index < -0.39 is 0 Å². The first-order valence-corrected chi connectivity index (χ1v) is 6.44. The Morgan fingerprint density at radius 1 is 1.20 bits per heavy atom. The SMILES string of the molecule is CC(NC(=O)Cc1ccc(N)cc1)c1ccccc1F. The monoisotopic (exact) mass is 272 g/mol. The summed E-state index contributed by atoms with van der Waals surface area (Å²) in [6.07, 6.45) is 0.249. The van der Waals surface area contributed by atoms with E-state index in [2.05, 4.69) is 5.32 Å². The van der Waals surface area contributed by atoms with Gasteiger partial charge in [0.2, 0.25) is 5.91 Å². The lowest BCUT2D eigenvalue weighted by atomic mass is 10.1. The van der Waals surface area contributed by atoms with Crippen LogP contribution in [0, 0.1) is 5.82 Å². The zero-order valence-corrected chi connectivity index (χ0v) is 11.3. The molecule has 0 radical (unpaired) electrons. The molecule has 0 aliphatic carbocycles. The Hall–Kier alpha value is -2.36. The van der Waals surface area contributed by atoms with E-state index in [1.165, 1.54) is 6.07 Å². The van der Waals surface area contributed by atoms with Crippen molar-refractivity contribution in [3.63, 3.8) is 0 Å². The number of nitrogen functional groups attached to an aromatic ring is 1. The third-order valence-electron chi connectivity index (χ3n) is 3.09. The zero-order chi connectivity index (χ0) is 14.5. The van der Waals surface area contributed by atoms with Gasteiger partial charge >= 0.3 is 0 Å². The number of rotatable bonds is 4. The molecule has 0 saturated heterocycles. The number of halogens is 1. The Labute approximate surface area is 117 Å². The summed E-state index contributed by atoms with van der Waals surface area (Å²) in [4.78, 5) is 11.9. The van der Waals surface area contributed by atoms with Gasteiger partial charge in [0, 0.05) is 11.3 Å². The van der Waals surface area contributed by atoms with E-state index in [1.807, 2.05) is 12.1 Å². The molecule has 1 atom stereocenters.